The average Bonchev–Trinajstić information content (AvgIpc) is 3.32. The third-order valence-corrected chi connectivity index (χ3v) is 4.50. The van der Waals surface area contributed by atoms with Crippen molar-refractivity contribution in [2.45, 2.75) is 57.9 Å². The van der Waals surface area contributed by atoms with Gasteiger partial charge in [-0.3, -0.25) is 9.59 Å². The van der Waals surface area contributed by atoms with Crippen LogP contribution in [0.5, 0.6) is 5.75 Å². The lowest BCUT2D eigenvalue weighted by Gasteiger charge is -2.31. The number of carbonyl (C=O) groups excluding carboxylic acids is 2. The lowest BCUT2D eigenvalue weighted by atomic mass is 9.86. The minimum atomic E-state index is -0.0452. The number of benzene rings is 1. The topological polar surface area (TPSA) is 58.6 Å². The van der Waals surface area contributed by atoms with Gasteiger partial charge in [-0.25, -0.2) is 0 Å². The first-order valence-electron chi connectivity index (χ1n) is 8.71. The summed E-state index contributed by atoms with van der Waals surface area (Å²) < 4.78 is 5.55. The molecule has 2 amide bonds. The van der Waals surface area contributed by atoms with Crippen LogP contribution in [-0.2, 0) is 15.0 Å². The van der Waals surface area contributed by atoms with E-state index in [1.165, 1.54) is 0 Å². The molecule has 0 atom stereocenters. The zero-order valence-electron chi connectivity index (χ0n) is 14.7. The van der Waals surface area contributed by atoms with Gasteiger partial charge in [0.25, 0.3) is 5.91 Å². The summed E-state index contributed by atoms with van der Waals surface area (Å²) in [5.74, 6) is 0.781. The number of nitrogens with one attached hydrogen (secondary N) is 1. The molecule has 1 fully saturated rings. The second-order valence-corrected chi connectivity index (χ2v) is 7.71. The van der Waals surface area contributed by atoms with Crippen molar-refractivity contribution in [1.82, 2.24) is 5.32 Å². The van der Waals surface area contributed by atoms with E-state index in [4.69, 9.17) is 4.74 Å². The van der Waals surface area contributed by atoms with Gasteiger partial charge in [-0.1, -0.05) is 26.8 Å². The second kappa shape index (κ2) is 6.46. The van der Waals surface area contributed by atoms with Gasteiger partial charge in [-0.15, -0.1) is 0 Å². The van der Waals surface area contributed by atoms with Crippen molar-refractivity contribution in [2.24, 2.45) is 0 Å². The van der Waals surface area contributed by atoms with Crippen LogP contribution in [0.2, 0.25) is 0 Å². The van der Waals surface area contributed by atoms with Crippen LogP contribution >= 0.6 is 0 Å². The molecule has 1 aromatic rings. The molecule has 5 heteroatoms. The summed E-state index contributed by atoms with van der Waals surface area (Å²) in [6.07, 6.45) is 3.30. The molecule has 1 N–H and O–H groups in total. The predicted octanol–water partition coefficient (Wildman–Crippen LogP) is 2.77. The van der Waals surface area contributed by atoms with E-state index in [0.717, 1.165) is 29.8 Å². The van der Waals surface area contributed by atoms with Crippen LogP contribution in [0.3, 0.4) is 0 Å². The van der Waals surface area contributed by atoms with E-state index in [2.05, 4.69) is 32.2 Å². The molecule has 0 spiro atoms. The van der Waals surface area contributed by atoms with Crippen molar-refractivity contribution >= 4 is 17.5 Å². The summed E-state index contributed by atoms with van der Waals surface area (Å²) in [7, 11) is 0. The third kappa shape index (κ3) is 3.89. The molecule has 1 aliphatic heterocycles. The van der Waals surface area contributed by atoms with Crippen molar-refractivity contribution in [3.63, 3.8) is 0 Å². The minimum absolute atomic E-state index is 0.00530. The van der Waals surface area contributed by atoms with Crippen LogP contribution in [0.15, 0.2) is 18.2 Å². The van der Waals surface area contributed by atoms with Gasteiger partial charge in [-0.2, -0.15) is 0 Å². The van der Waals surface area contributed by atoms with Gasteiger partial charge >= 0.3 is 0 Å². The molecule has 2 aliphatic rings. The Labute approximate surface area is 143 Å². The number of carbonyl (C=O) groups is 2. The molecule has 24 heavy (non-hydrogen) atoms. The van der Waals surface area contributed by atoms with Crippen LogP contribution in [0.25, 0.3) is 0 Å². The average molecular weight is 330 g/mol. The summed E-state index contributed by atoms with van der Waals surface area (Å²) in [5.41, 5.74) is 1.99. The van der Waals surface area contributed by atoms with E-state index in [-0.39, 0.29) is 23.8 Å². The first kappa shape index (κ1) is 16.8. The van der Waals surface area contributed by atoms with Gasteiger partial charge in [0.05, 0.1) is 5.69 Å². The fourth-order valence-electron chi connectivity index (χ4n) is 2.84. The quantitative estimate of drug-likeness (QED) is 0.903. The monoisotopic (exact) mass is 330 g/mol. The molecular weight excluding hydrogens is 304 g/mol. The number of fused-ring (bicyclic) bond motifs is 1. The van der Waals surface area contributed by atoms with Crippen LogP contribution < -0.4 is 15.0 Å². The molecular formula is C19H26N2O3. The fraction of sp³-hybridized carbons (Fsp3) is 0.579. The van der Waals surface area contributed by atoms with Crippen LogP contribution in [0.1, 0.15) is 52.0 Å². The highest BCUT2D eigenvalue weighted by atomic mass is 16.5. The number of rotatable bonds is 5. The summed E-state index contributed by atoms with van der Waals surface area (Å²) in [4.78, 5) is 25.9. The molecule has 1 aromatic carbocycles. The van der Waals surface area contributed by atoms with Gasteiger partial charge in [0, 0.05) is 19.0 Å². The van der Waals surface area contributed by atoms with E-state index in [9.17, 15) is 9.59 Å². The van der Waals surface area contributed by atoms with E-state index in [1.807, 2.05) is 12.1 Å². The SMILES string of the molecule is CC(C)(C)c1ccc2c(c1)N(CCCC(=O)NC1CC1)C(=O)CO2. The van der Waals surface area contributed by atoms with Crippen molar-refractivity contribution in [3.8, 4) is 5.75 Å². The Morgan fingerprint density at radius 1 is 1.33 bits per heavy atom. The Morgan fingerprint density at radius 2 is 2.08 bits per heavy atom. The van der Waals surface area contributed by atoms with Crippen LogP contribution in [0, 0.1) is 0 Å². The number of hydrogen-bond acceptors (Lipinski definition) is 3. The minimum Gasteiger partial charge on any atom is -0.482 e. The highest BCUT2D eigenvalue weighted by Crippen LogP contribution is 2.36. The van der Waals surface area contributed by atoms with Gasteiger partial charge in [0.2, 0.25) is 5.91 Å². The van der Waals surface area contributed by atoms with Gasteiger partial charge in [0.1, 0.15) is 5.75 Å². The summed E-state index contributed by atoms with van der Waals surface area (Å²) in [6.45, 7) is 7.05. The number of amides is 2. The van der Waals surface area contributed by atoms with Gasteiger partial charge in [-0.05, 0) is 42.4 Å². The summed E-state index contributed by atoms with van der Waals surface area (Å²) >= 11 is 0. The molecule has 0 radical (unpaired) electrons. The number of hydrogen-bond donors (Lipinski definition) is 1. The molecule has 5 nitrogen and oxygen atoms in total. The van der Waals surface area contributed by atoms with E-state index < -0.39 is 0 Å². The molecule has 1 aliphatic carbocycles. The summed E-state index contributed by atoms with van der Waals surface area (Å²) in [6, 6.07) is 6.42. The Morgan fingerprint density at radius 3 is 2.75 bits per heavy atom. The lowest BCUT2D eigenvalue weighted by Crippen LogP contribution is -2.40. The molecule has 1 saturated carbocycles. The fourth-order valence-corrected chi connectivity index (χ4v) is 2.84. The van der Waals surface area contributed by atoms with Crippen LogP contribution in [0.4, 0.5) is 5.69 Å². The Kier molecular flexibility index (Phi) is 4.52. The molecule has 3 rings (SSSR count). The normalized spacial score (nSPS) is 17.3. The first-order chi connectivity index (χ1) is 11.3. The van der Waals surface area contributed by atoms with Crippen molar-refractivity contribution in [1.29, 1.82) is 0 Å². The molecule has 0 unspecified atom stereocenters. The maximum atomic E-state index is 12.3. The smallest absolute Gasteiger partial charge is 0.265 e. The maximum Gasteiger partial charge on any atom is 0.265 e. The predicted molar refractivity (Wildman–Crippen MR) is 93.4 cm³/mol. The molecule has 0 aromatic heterocycles. The number of ether oxygens (including phenoxy) is 1. The zero-order chi connectivity index (χ0) is 17.3. The molecule has 0 saturated heterocycles. The summed E-state index contributed by atoms with van der Waals surface area (Å²) in [5, 5.41) is 2.98. The molecule has 130 valence electrons. The highest BCUT2D eigenvalue weighted by Gasteiger charge is 2.28. The largest absolute Gasteiger partial charge is 0.482 e. The van der Waals surface area contributed by atoms with Crippen molar-refractivity contribution in [3.05, 3.63) is 23.8 Å². The standard InChI is InChI=1S/C19H26N2O3/c1-19(2,3)13-6-9-16-15(11-13)21(18(23)12-24-16)10-4-5-17(22)20-14-7-8-14/h6,9,11,14H,4-5,7-8,10,12H2,1-3H3,(H,20,22). The Bertz CT molecular complexity index is 645. The number of nitrogens with zero attached hydrogens (tertiary/aromatic N) is 1. The van der Waals surface area contributed by atoms with E-state index in [0.29, 0.717) is 25.4 Å². The van der Waals surface area contributed by atoms with Crippen LogP contribution in [-0.4, -0.2) is 31.0 Å². The Balaban J connectivity index is 1.68. The van der Waals surface area contributed by atoms with E-state index >= 15 is 0 Å². The third-order valence-electron chi connectivity index (χ3n) is 4.50. The Hall–Kier alpha value is -2.04. The van der Waals surface area contributed by atoms with Crippen molar-refractivity contribution in [2.75, 3.05) is 18.1 Å². The highest BCUT2D eigenvalue weighted by molar-refractivity contribution is 5.98. The number of anilines is 1. The van der Waals surface area contributed by atoms with E-state index in [1.54, 1.807) is 4.90 Å². The van der Waals surface area contributed by atoms with Crippen molar-refractivity contribution < 1.29 is 14.3 Å². The molecule has 1 heterocycles. The second-order valence-electron chi connectivity index (χ2n) is 7.71. The lowest BCUT2D eigenvalue weighted by molar-refractivity contribution is -0.123. The zero-order valence-corrected chi connectivity index (χ0v) is 14.7. The first-order valence-corrected chi connectivity index (χ1v) is 8.71. The van der Waals surface area contributed by atoms with Gasteiger partial charge in [0.15, 0.2) is 6.61 Å². The molecule has 0 bridgehead atoms. The van der Waals surface area contributed by atoms with Gasteiger partial charge < -0.3 is 15.0 Å². The maximum absolute atomic E-state index is 12.3.